The van der Waals surface area contributed by atoms with Gasteiger partial charge in [-0.25, -0.2) is 9.78 Å². The van der Waals surface area contributed by atoms with Gasteiger partial charge in [0.2, 0.25) is 0 Å². The first-order valence-electron chi connectivity index (χ1n) is 9.58. The van der Waals surface area contributed by atoms with Gasteiger partial charge in [-0.05, 0) is 38.1 Å². The van der Waals surface area contributed by atoms with E-state index in [1.54, 1.807) is 38.6 Å². The van der Waals surface area contributed by atoms with Crippen molar-refractivity contribution >= 4 is 39.6 Å². The Kier molecular flexibility index (Phi) is 4.81. The van der Waals surface area contributed by atoms with Gasteiger partial charge in [0.25, 0.3) is 5.56 Å². The Labute approximate surface area is 181 Å². The van der Waals surface area contributed by atoms with Crippen LogP contribution in [0.5, 0.6) is 0 Å². The fraction of sp³-hybridized carbons (Fsp3) is 0.333. The molecule has 0 amide bonds. The third-order valence-corrected chi connectivity index (χ3v) is 5.82. The van der Waals surface area contributed by atoms with Crippen LogP contribution in [0.2, 0.25) is 5.02 Å². The van der Waals surface area contributed by atoms with Gasteiger partial charge in [-0.3, -0.25) is 18.7 Å². The lowest BCUT2D eigenvalue weighted by Gasteiger charge is -2.20. The molecular formula is C21H22ClN5O4. The van der Waals surface area contributed by atoms with Gasteiger partial charge in [0.1, 0.15) is 11.2 Å². The Morgan fingerprint density at radius 1 is 1.19 bits per heavy atom. The second-order valence-electron chi connectivity index (χ2n) is 8.04. The quantitative estimate of drug-likeness (QED) is 0.486. The van der Waals surface area contributed by atoms with Crippen molar-refractivity contribution in [3.8, 4) is 0 Å². The molecule has 4 rings (SSSR count). The molecule has 0 fully saturated rings. The number of esters is 1. The molecule has 9 nitrogen and oxygen atoms in total. The number of nitrogens with zero attached hydrogens (tertiary/aromatic N) is 4. The van der Waals surface area contributed by atoms with Crippen molar-refractivity contribution in [3.63, 3.8) is 0 Å². The maximum Gasteiger partial charge on any atom is 0.332 e. The summed E-state index contributed by atoms with van der Waals surface area (Å²) in [5.41, 5.74) is -0.114. The van der Waals surface area contributed by atoms with E-state index in [-0.39, 0.29) is 17.7 Å². The van der Waals surface area contributed by atoms with Gasteiger partial charge < -0.3 is 14.3 Å². The Hall–Kier alpha value is -3.33. The molecule has 0 saturated carbocycles. The minimum Gasteiger partial charge on any atom is -0.468 e. The highest BCUT2D eigenvalue weighted by molar-refractivity contribution is 6.31. The lowest BCUT2D eigenvalue weighted by atomic mass is 9.92. The first kappa shape index (κ1) is 20.9. The number of nitrogens with one attached hydrogen (secondary N) is 1. The van der Waals surface area contributed by atoms with Crippen LogP contribution < -0.4 is 11.2 Å². The minimum atomic E-state index is -1.10. The molecule has 0 aliphatic rings. The van der Waals surface area contributed by atoms with Crippen LogP contribution in [0.15, 0.2) is 33.9 Å². The molecule has 4 aromatic rings. The highest BCUT2D eigenvalue weighted by Gasteiger charge is 2.37. The normalized spacial score (nSPS) is 12.1. The SMILES string of the molecule is COC(=O)C(C)(C)c1nc2c(c(=O)n(Cc3cc4cc(Cl)ccc4[nH]3)c(=O)n2C)n1C. The number of benzene rings is 1. The summed E-state index contributed by atoms with van der Waals surface area (Å²) in [7, 11) is 4.49. The molecule has 0 spiro atoms. The number of hydrogen-bond donors (Lipinski definition) is 1. The summed E-state index contributed by atoms with van der Waals surface area (Å²) in [6.45, 7) is 3.37. The zero-order chi connectivity index (χ0) is 22.7. The average Bonchev–Trinajstić information content (AvgIpc) is 3.29. The van der Waals surface area contributed by atoms with Crippen molar-refractivity contribution in [2.24, 2.45) is 14.1 Å². The van der Waals surface area contributed by atoms with Gasteiger partial charge in [-0.2, -0.15) is 0 Å². The number of carbonyl (C=O) groups is 1. The van der Waals surface area contributed by atoms with Crippen LogP contribution >= 0.6 is 11.6 Å². The minimum absolute atomic E-state index is 0.0503. The molecule has 0 aliphatic carbocycles. The van der Waals surface area contributed by atoms with Crippen LogP contribution in [-0.4, -0.2) is 36.7 Å². The Bertz CT molecular complexity index is 1470. The maximum atomic E-state index is 13.3. The number of aromatic amines is 1. The summed E-state index contributed by atoms with van der Waals surface area (Å²) in [5, 5.41) is 1.49. The number of fused-ring (bicyclic) bond motifs is 2. The number of imidazole rings is 1. The predicted octanol–water partition coefficient (Wildman–Crippen LogP) is 2.07. The molecule has 0 radical (unpaired) electrons. The number of carbonyl (C=O) groups excluding carboxylic acids is 1. The van der Waals surface area contributed by atoms with Crippen molar-refractivity contribution in [1.82, 2.24) is 23.7 Å². The number of halogens is 1. The highest BCUT2D eigenvalue weighted by atomic mass is 35.5. The van der Waals surface area contributed by atoms with Crippen molar-refractivity contribution in [1.29, 1.82) is 0 Å². The standard InChI is InChI=1S/C21H22ClN5O4/c1-21(2,19(29)31-5)18-24-16-15(25(18)3)17(28)27(20(30)26(16)4)10-13-9-11-8-12(22)6-7-14(11)23-13/h6-9,23H,10H2,1-5H3. The molecule has 3 heterocycles. The third kappa shape index (κ3) is 3.16. The zero-order valence-corrected chi connectivity index (χ0v) is 18.6. The second kappa shape index (κ2) is 7.12. The molecule has 10 heteroatoms. The van der Waals surface area contributed by atoms with E-state index < -0.39 is 22.6 Å². The number of ether oxygens (including phenoxy) is 1. The molecule has 0 bridgehead atoms. The van der Waals surface area contributed by atoms with Crippen LogP contribution in [0.4, 0.5) is 0 Å². The predicted molar refractivity (Wildman–Crippen MR) is 118 cm³/mol. The molecule has 0 saturated heterocycles. The monoisotopic (exact) mass is 443 g/mol. The van der Waals surface area contributed by atoms with Gasteiger partial charge in [-0.15, -0.1) is 0 Å². The van der Waals surface area contributed by atoms with Gasteiger partial charge >= 0.3 is 11.7 Å². The van der Waals surface area contributed by atoms with Crippen LogP contribution in [0.3, 0.4) is 0 Å². The first-order valence-corrected chi connectivity index (χ1v) is 9.96. The van der Waals surface area contributed by atoms with Crippen LogP contribution in [0.1, 0.15) is 25.4 Å². The average molecular weight is 444 g/mol. The summed E-state index contributed by atoms with van der Waals surface area (Å²) in [6.07, 6.45) is 0. The molecule has 0 atom stereocenters. The van der Waals surface area contributed by atoms with Gasteiger partial charge in [0.05, 0.1) is 13.7 Å². The van der Waals surface area contributed by atoms with E-state index in [2.05, 4.69) is 9.97 Å². The maximum absolute atomic E-state index is 13.3. The Balaban J connectivity index is 1.91. The fourth-order valence-electron chi connectivity index (χ4n) is 3.91. The van der Waals surface area contributed by atoms with Gasteiger partial charge in [0.15, 0.2) is 11.2 Å². The molecule has 1 aromatic carbocycles. The third-order valence-electron chi connectivity index (χ3n) is 5.58. The van der Waals surface area contributed by atoms with E-state index in [0.29, 0.717) is 16.5 Å². The van der Waals surface area contributed by atoms with Crippen molar-refractivity contribution < 1.29 is 9.53 Å². The largest absolute Gasteiger partial charge is 0.468 e. The number of hydrogen-bond acceptors (Lipinski definition) is 5. The molecule has 31 heavy (non-hydrogen) atoms. The molecular weight excluding hydrogens is 422 g/mol. The number of aryl methyl sites for hydroxylation is 2. The topological polar surface area (TPSA) is 104 Å². The van der Waals surface area contributed by atoms with Gasteiger partial charge in [0, 0.05) is 35.7 Å². The van der Waals surface area contributed by atoms with Gasteiger partial charge in [-0.1, -0.05) is 11.6 Å². The van der Waals surface area contributed by atoms with E-state index in [0.717, 1.165) is 15.5 Å². The van der Waals surface area contributed by atoms with E-state index in [1.807, 2.05) is 18.2 Å². The second-order valence-corrected chi connectivity index (χ2v) is 8.48. The fourth-order valence-corrected chi connectivity index (χ4v) is 4.09. The molecule has 1 N–H and O–H groups in total. The number of H-pyrrole nitrogens is 1. The highest BCUT2D eigenvalue weighted by Crippen LogP contribution is 2.26. The number of aromatic nitrogens is 5. The molecule has 162 valence electrons. The number of rotatable bonds is 4. The Morgan fingerprint density at radius 2 is 1.90 bits per heavy atom. The van der Waals surface area contributed by atoms with Crippen LogP contribution in [-0.2, 0) is 35.6 Å². The van der Waals surface area contributed by atoms with E-state index in [4.69, 9.17) is 16.3 Å². The summed E-state index contributed by atoms with van der Waals surface area (Å²) in [4.78, 5) is 46.2. The molecule has 3 aromatic heterocycles. The van der Waals surface area contributed by atoms with Crippen LogP contribution in [0.25, 0.3) is 22.1 Å². The summed E-state index contributed by atoms with van der Waals surface area (Å²) in [5.74, 6) is -0.160. The Morgan fingerprint density at radius 3 is 2.58 bits per heavy atom. The smallest absolute Gasteiger partial charge is 0.332 e. The lowest BCUT2D eigenvalue weighted by molar-refractivity contribution is -0.146. The lowest BCUT2D eigenvalue weighted by Crippen LogP contribution is -2.40. The van der Waals surface area contributed by atoms with Crippen molar-refractivity contribution in [2.45, 2.75) is 25.8 Å². The summed E-state index contributed by atoms with van der Waals surface area (Å²) >= 11 is 6.05. The molecule has 0 aliphatic heterocycles. The zero-order valence-electron chi connectivity index (χ0n) is 17.8. The van der Waals surface area contributed by atoms with E-state index in [9.17, 15) is 14.4 Å². The van der Waals surface area contributed by atoms with E-state index in [1.165, 1.54) is 11.7 Å². The number of methoxy groups -OCH3 is 1. The summed E-state index contributed by atoms with van der Waals surface area (Å²) in [6, 6.07) is 7.27. The van der Waals surface area contributed by atoms with E-state index >= 15 is 0 Å². The summed E-state index contributed by atoms with van der Waals surface area (Å²) < 4.78 is 8.89. The molecule has 0 unspecified atom stereocenters. The first-order chi connectivity index (χ1) is 14.6. The van der Waals surface area contributed by atoms with Crippen molar-refractivity contribution in [2.75, 3.05) is 7.11 Å². The van der Waals surface area contributed by atoms with Crippen molar-refractivity contribution in [3.05, 3.63) is 61.6 Å². The van der Waals surface area contributed by atoms with Crippen LogP contribution in [0, 0.1) is 0 Å².